The topological polar surface area (TPSA) is 55.4 Å². The van der Waals surface area contributed by atoms with Gasteiger partial charge in [0.05, 0.1) is 17.2 Å². The van der Waals surface area contributed by atoms with Crippen LogP contribution in [-0.4, -0.2) is 18.5 Å². The molecule has 0 aliphatic carbocycles. The Hall–Kier alpha value is -2.76. The Morgan fingerprint density at radius 1 is 1.00 bits per heavy atom. The molecule has 0 aliphatic rings. The largest absolute Gasteiger partial charge is 0.462 e. The van der Waals surface area contributed by atoms with Crippen molar-refractivity contribution in [3.8, 4) is 0 Å². The van der Waals surface area contributed by atoms with Crippen LogP contribution in [0.4, 0.5) is 5.69 Å². The molecule has 4 nitrogen and oxygen atoms in total. The molecule has 1 N–H and O–H groups in total. The molecule has 0 unspecified atom stereocenters. The highest BCUT2D eigenvalue weighted by molar-refractivity contribution is 7.98. The summed E-state index contributed by atoms with van der Waals surface area (Å²) in [4.78, 5) is 25.5. The standard InChI is InChI=1S/C24H22ClNO3S/c1-3-29-24(28)21-13-10-19(14-22(21)25)26-23(27)18-8-6-17(7-9-18)15-30-20-11-4-16(2)5-12-20/h4-14H,3,15H2,1-2H3,(H,26,27). The van der Waals surface area contributed by atoms with E-state index in [0.717, 1.165) is 11.3 Å². The summed E-state index contributed by atoms with van der Waals surface area (Å²) in [5.41, 5.74) is 3.71. The third-order valence-corrected chi connectivity index (χ3v) is 5.76. The summed E-state index contributed by atoms with van der Waals surface area (Å²) < 4.78 is 4.95. The lowest BCUT2D eigenvalue weighted by Gasteiger charge is -2.09. The SMILES string of the molecule is CCOC(=O)c1ccc(NC(=O)c2ccc(CSc3ccc(C)cc3)cc2)cc1Cl. The van der Waals surface area contributed by atoms with Gasteiger partial charge in [-0.1, -0.05) is 41.4 Å². The minimum Gasteiger partial charge on any atom is -0.462 e. The first-order chi connectivity index (χ1) is 14.5. The minimum absolute atomic E-state index is 0.231. The van der Waals surface area contributed by atoms with Crippen LogP contribution in [0.15, 0.2) is 71.6 Å². The van der Waals surface area contributed by atoms with Gasteiger partial charge in [0.25, 0.3) is 5.91 Å². The first-order valence-electron chi connectivity index (χ1n) is 9.52. The lowest BCUT2D eigenvalue weighted by Crippen LogP contribution is -2.12. The van der Waals surface area contributed by atoms with Gasteiger partial charge in [-0.2, -0.15) is 0 Å². The van der Waals surface area contributed by atoms with Crippen molar-refractivity contribution >= 4 is 40.9 Å². The summed E-state index contributed by atoms with van der Waals surface area (Å²) in [5.74, 6) is 0.0998. The van der Waals surface area contributed by atoms with Crippen LogP contribution < -0.4 is 5.32 Å². The number of ether oxygens (including phenoxy) is 1. The average molecular weight is 440 g/mol. The Morgan fingerprint density at radius 2 is 1.70 bits per heavy atom. The molecule has 3 rings (SSSR count). The molecule has 3 aromatic rings. The highest BCUT2D eigenvalue weighted by atomic mass is 35.5. The van der Waals surface area contributed by atoms with Gasteiger partial charge >= 0.3 is 5.97 Å². The Bertz CT molecular complexity index is 1030. The normalized spacial score (nSPS) is 10.5. The molecule has 3 aromatic carbocycles. The van der Waals surface area contributed by atoms with Gasteiger partial charge in [0.1, 0.15) is 0 Å². The first-order valence-corrected chi connectivity index (χ1v) is 10.9. The molecule has 6 heteroatoms. The van der Waals surface area contributed by atoms with Crippen molar-refractivity contribution in [2.75, 3.05) is 11.9 Å². The predicted molar refractivity (Wildman–Crippen MR) is 123 cm³/mol. The van der Waals surface area contributed by atoms with Crippen molar-refractivity contribution < 1.29 is 14.3 Å². The van der Waals surface area contributed by atoms with E-state index in [-0.39, 0.29) is 23.1 Å². The predicted octanol–water partition coefficient (Wildman–Crippen LogP) is 6.37. The summed E-state index contributed by atoms with van der Waals surface area (Å²) >= 11 is 7.90. The van der Waals surface area contributed by atoms with Crippen molar-refractivity contribution in [1.29, 1.82) is 0 Å². The molecule has 0 radical (unpaired) electrons. The van der Waals surface area contributed by atoms with Crippen LogP contribution in [0.25, 0.3) is 0 Å². The summed E-state index contributed by atoms with van der Waals surface area (Å²) in [6.45, 7) is 4.07. The summed E-state index contributed by atoms with van der Waals surface area (Å²) in [7, 11) is 0. The molecular weight excluding hydrogens is 418 g/mol. The number of hydrogen-bond acceptors (Lipinski definition) is 4. The number of halogens is 1. The molecule has 0 heterocycles. The van der Waals surface area contributed by atoms with E-state index in [2.05, 4.69) is 36.5 Å². The Balaban J connectivity index is 1.59. The molecule has 0 aliphatic heterocycles. The quantitative estimate of drug-likeness (QED) is 0.343. The highest BCUT2D eigenvalue weighted by Crippen LogP contribution is 2.24. The van der Waals surface area contributed by atoms with Gasteiger partial charge in [-0.25, -0.2) is 4.79 Å². The smallest absolute Gasteiger partial charge is 0.339 e. The van der Waals surface area contributed by atoms with Crippen LogP contribution in [0.5, 0.6) is 0 Å². The van der Waals surface area contributed by atoms with Crippen molar-refractivity contribution in [2.24, 2.45) is 0 Å². The number of esters is 1. The van der Waals surface area contributed by atoms with Gasteiger partial charge in [0, 0.05) is 21.9 Å². The van der Waals surface area contributed by atoms with Gasteiger partial charge in [0.15, 0.2) is 0 Å². The van der Waals surface area contributed by atoms with E-state index in [1.165, 1.54) is 16.5 Å². The van der Waals surface area contributed by atoms with Gasteiger partial charge in [-0.3, -0.25) is 4.79 Å². The summed E-state index contributed by atoms with van der Waals surface area (Å²) in [5, 5.41) is 3.03. The molecule has 30 heavy (non-hydrogen) atoms. The zero-order chi connectivity index (χ0) is 21.5. The molecule has 0 saturated heterocycles. The fourth-order valence-electron chi connectivity index (χ4n) is 2.72. The molecule has 154 valence electrons. The Kier molecular flexibility index (Phi) is 7.55. The van der Waals surface area contributed by atoms with Gasteiger partial charge in [-0.05, 0) is 61.9 Å². The van der Waals surface area contributed by atoms with Crippen LogP contribution in [0.2, 0.25) is 5.02 Å². The number of rotatable bonds is 7. The first kappa shape index (κ1) is 21.9. The maximum Gasteiger partial charge on any atom is 0.339 e. The lowest BCUT2D eigenvalue weighted by atomic mass is 10.1. The fourth-order valence-corrected chi connectivity index (χ4v) is 3.84. The van der Waals surface area contributed by atoms with Gasteiger partial charge < -0.3 is 10.1 Å². The van der Waals surface area contributed by atoms with Crippen LogP contribution >= 0.6 is 23.4 Å². The third kappa shape index (κ3) is 5.88. The maximum atomic E-state index is 12.5. The van der Waals surface area contributed by atoms with E-state index >= 15 is 0 Å². The second-order valence-electron chi connectivity index (χ2n) is 6.67. The summed E-state index contributed by atoms with van der Waals surface area (Å²) in [6, 6.07) is 20.6. The van der Waals surface area contributed by atoms with E-state index in [9.17, 15) is 9.59 Å². The van der Waals surface area contributed by atoms with Crippen LogP contribution in [0, 0.1) is 6.92 Å². The number of hydrogen-bond donors (Lipinski definition) is 1. The molecule has 0 bridgehead atoms. The highest BCUT2D eigenvalue weighted by Gasteiger charge is 2.13. The second kappa shape index (κ2) is 10.3. The number of nitrogens with one attached hydrogen (secondary N) is 1. The molecular formula is C24H22ClNO3S. The zero-order valence-electron chi connectivity index (χ0n) is 16.8. The fraction of sp³-hybridized carbons (Fsp3) is 0.167. The van der Waals surface area contributed by atoms with Crippen LogP contribution in [0.3, 0.4) is 0 Å². The second-order valence-corrected chi connectivity index (χ2v) is 8.12. The van der Waals surface area contributed by atoms with Gasteiger partial charge in [0.2, 0.25) is 0 Å². The van der Waals surface area contributed by atoms with E-state index in [4.69, 9.17) is 16.3 Å². The lowest BCUT2D eigenvalue weighted by molar-refractivity contribution is 0.0526. The maximum absolute atomic E-state index is 12.5. The molecule has 0 aromatic heterocycles. The van der Waals surface area contributed by atoms with E-state index in [0.29, 0.717) is 11.3 Å². The zero-order valence-corrected chi connectivity index (χ0v) is 18.3. The average Bonchev–Trinajstić information content (AvgIpc) is 2.74. The number of amides is 1. The van der Waals surface area contributed by atoms with Crippen LogP contribution in [-0.2, 0) is 10.5 Å². The van der Waals surface area contributed by atoms with E-state index in [1.54, 1.807) is 43.0 Å². The van der Waals surface area contributed by atoms with E-state index < -0.39 is 5.97 Å². The monoisotopic (exact) mass is 439 g/mol. The number of thioether (sulfide) groups is 1. The molecule has 0 saturated carbocycles. The van der Waals surface area contributed by atoms with Crippen LogP contribution in [0.1, 0.15) is 38.8 Å². The minimum atomic E-state index is -0.487. The number of aryl methyl sites for hydroxylation is 1. The molecule has 0 spiro atoms. The Morgan fingerprint density at radius 3 is 2.33 bits per heavy atom. The summed E-state index contributed by atoms with van der Waals surface area (Å²) in [6.07, 6.45) is 0. The number of benzene rings is 3. The van der Waals surface area contributed by atoms with E-state index in [1.807, 2.05) is 12.1 Å². The van der Waals surface area contributed by atoms with Crippen molar-refractivity contribution in [2.45, 2.75) is 24.5 Å². The number of anilines is 1. The molecule has 0 atom stereocenters. The third-order valence-electron chi connectivity index (χ3n) is 4.36. The van der Waals surface area contributed by atoms with Crippen molar-refractivity contribution in [1.82, 2.24) is 0 Å². The molecule has 1 amide bonds. The number of carbonyl (C=O) groups is 2. The van der Waals surface area contributed by atoms with Gasteiger partial charge in [-0.15, -0.1) is 11.8 Å². The van der Waals surface area contributed by atoms with Crippen molar-refractivity contribution in [3.63, 3.8) is 0 Å². The number of carbonyl (C=O) groups excluding carboxylic acids is 2. The Labute approximate surface area is 185 Å². The van der Waals surface area contributed by atoms with Crippen molar-refractivity contribution in [3.05, 3.63) is 94.0 Å². The molecule has 0 fully saturated rings.